The number of hydrogen-bond acceptors (Lipinski definition) is 8. The van der Waals surface area contributed by atoms with Crippen molar-refractivity contribution in [2.45, 2.75) is 69.2 Å². The smallest absolute Gasteiger partial charge is 0.320 e. The molecule has 0 aromatic heterocycles. The number of aliphatic hydroxyl groups is 4. The lowest BCUT2D eigenvalue weighted by Gasteiger charge is -2.40. The molecule has 0 radical (unpaired) electrons. The SMILES string of the molecule is CCOc1ccc(Cc2cc(C3OC(CO)C(O)C(O)C3O)ccc2Cl)cc1.O=C(O)C1CCCCN1. The number of carboxylic acid groups (broad SMARTS) is 1. The van der Waals surface area contributed by atoms with Gasteiger partial charge in [0.2, 0.25) is 0 Å². The van der Waals surface area contributed by atoms with Gasteiger partial charge in [0.05, 0.1) is 13.2 Å². The highest BCUT2D eigenvalue weighted by atomic mass is 35.5. The predicted molar refractivity (Wildman–Crippen MR) is 138 cm³/mol. The highest BCUT2D eigenvalue weighted by molar-refractivity contribution is 6.31. The van der Waals surface area contributed by atoms with Crippen LogP contribution in [0.4, 0.5) is 0 Å². The van der Waals surface area contributed by atoms with Gasteiger partial charge in [0.15, 0.2) is 0 Å². The van der Waals surface area contributed by atoms with E-state index in [4.69, 9.17) is 26.2 Å². The van der Waals surface area contributed by atoms with Crippen LogP contribution in [0.5, 0.6) is 5.75 Å². The summed E-state index contributed by atoms with van der Waals surface area (Å²) in [5, 5.41) is 51.7. The van der Waals surface area contributed by atoms with Crippen molar-refractivity contribution < 1.29 is 39.8 Å². The van der Waals surface area contributed by atoms with Gasteiger partial charge in [0.1, 0.15) is 42.3 Å². The Hall–Kier alpha value is -2.24. The summed E-state index contributed by atoms with van der Waals surface area (Å²) in [5.74, 6) is 0.0853. The zero-order valence-electron chi connectivity index (χ0n) is 20.8. The summed E-state index contributed by atoms with van der Waals surface area (Å²) in [6, 6.07) is 12.7. The minimum atomic E-state index is -1.42. The fourth-order valence-corrected chi connectivity index (χ4v) is 4.62. The number of ether oxygens (including phenoxy) is 2. The average molecular weight is 538 g/mol. The summed E-state index contributed by atoms with van der Waals surface area (Å²) in [6.45, 7) is 2.93. The van der Waals surface area contributed by atoms with Crippen LogP contribution in [0.1, 0.15) is 49.0 Å². The van der Waals surface area contributed by atoms with Crippen LogP contribution in [0.3, 0.4) is 0 Å². The molecule has 2 aromatic carbocycles. The van der Waals surface area contributed by atoms with Crippen molar-refractivity contribution in [2.75, 3.05) is 19.8 Å². The van der Waals surface area contributed by atoms with E-state index >= 15 is 0 Å². The lowest BCUT2D eigenvalue weighted by molar-refractivity contribution is -0.231. The van der Waals surface area contributed by atoms with Crippen molar-refractivity contribution in [1.82, 2.24) is 5.32 Å². The number of carbonyl (C=O) groups is 1. The summed E-state index contributed by atoms with van der Waals surface area (Å²) in [6.07, 6.45) is -2.44. The summed E-state index contributed by atoms with van der Waals surface area (Å²) in [5.41, 5.74) is 2.49. The van der Waals surface area contributed by atoms with E-state index in [0.717, 1.165) is 42.7 Å². The second kappa shape index (κ2) is 14.1. The molecule has 0 bridgehead atoms. The molecule has 0 saturated carbocycles. The first kappa shape index (κ1) is 29.3. The van der Waals surface area contributed by atoms with Gasteiger partial charge in [-0.05, 0) is 67.6 Å². The van der Waals surface area contributed by atoms with Crippen molar-refractivity contribution in [3.8, 4) is 5.75 Å². The Balaban J connectivity index is 0.000000356. The first-order valence-electron chi connectivity index (χ1n) is 12.5. The van der Waals surface area contributed by atoms with Gasteiger partial charge in [-0.3, -0.25) is 4.79 Å². The van der Waals surface area contributed by atoms with Gasteiger partial charge in [0, 0.05) is 5.02 Å². The van der Waals surface area contributed by atoms with E-state index in [1.807, 2.05) is 37.3 Å². The number of aliphatic hydroxyl groups excluding tert-OH is 4. The van der Waals surface area contributed by atoms with Crippen LogP contribution in [-0.4, -0.2) is 81.7 Å². The Kier molecular flexibility index (Phi) is 11.1. The molecule has 6 N–H and O–H groups in total. The highest BCUT2D eigenvalue weighted by Gasteiger charge is 2.44. The maximum atomic E-state index is 10.3. The van der Waals surface area contributed by atoms with Gasteiger partial charge in [-0.1, -0.05) is 42.3 Å². The fourth-order valence-electron chi connectivity index (χ4n) is 4.44. The zero-order valence-corrected chi connectivity index (χ0v) is 21.6. The first-order chi connectivity index (χ1) is 17.7. The summed E-state index contributed by atoms with van der Waals surface area (Å²) in [7, 11) is 0. The van der Waals surface area contributed by atoms with Crippen molar-refractivity contribution in [1.29, 1.82) is 0 Å². The highest BCUT2D eigenvalue weighted by Crippen LogP contribution is 2.34. The lowest BCUT2D eigenvalue weighted by Crippen LogP contribution is -2.55. The normalized spacial score (nSPS) is 27.6. The van der Waals surface area contributed by atoms with Gasteiger partial charge >= 0.3 is 5.97 Å². The number of piperidine rings is 1. The number of nitrogens with one attached hydrogen (secondary N) is 1. The van der Waals surface area contributed by atoms with E-state index in [2.05, 4.69) is 5.32 Å². The molecular formula is C27H36ClNO8. The van der Waals surface area contributed by atoms with E-state index in [0.29, 0.717) is 23.6 Å². The molecule has 2 saturated heterocycles. The minimum absolute atomic E-state index is 0.279. The number of halogens is 1. The van der Waals surface area contributed by atoms with Crippen LogP contribution in [0, 0.1) is 0 Å². The van der Waals surface area contributed by atoms with Crippen LogP contribution in [-0.2, 0) is 16.0 Å². The van der Waals surface area contributed by atoms with Gasteiger partial charge in [-0.25, -0.2) is 0 Å². The first-order valence-corrected chi connectivity index (χ1v) is 12.9. The molecule has 0 amide bonds. The third-order valence-electron chi connectivity index (χ3n) is 6.53. The van der Waals surface area contributed by atoms with Crippen molar-refractivity contribution >= 4 is 17.6 Å². The molecule has 2 aliphatic heterocycles. The van der Waals surface area contributed by atoms with E-state index in [-0.39, 0.29) is 6.04 Å². The maximum Gasteiger partial charge on any atom is 0.320 e. The van der Waals surface area contributed by atoms with Gasteiger partial charge in [0.25, 0.3) is 0 Å². The molecule has 10 heteroatoms. The molecule has 9 nitrogen and oxygen atoms in total. The second-order valence-electron chi connectivity index (χ2n) is 9.19. The molecule has 2 aromatic rings. The molecule has 6 atom stereocenters. The van der Waals surface area contributed by atoms with Crippen molar-refractivity contribution in [3.05, 3.63) is 64.2 Å². The van der Waals surface area contributed by atoms with Gasteiger partial charge in [-0.2, -0.15) is 0 Å². The number of aliphatic carboxylic acids is 1. The number of carboxylic acids is 1. The quantitative estimate of drug-likeness (QED) is 0.312. The van der Waals surface area contributed by atoms with E-state index in [1.165, 1.54) is 0 Å². The molecule has 4 rings (SSSR count). The van der Waals surface area contributed by atoms with E-state index < -0.39 is 43.1 Å². The molecule has 0 spiro atoms. The molecule has 2 fully saturated rings. The summed E-state index contributed by atoms with van der Waals surface area (Å²) >= 11 is 6.35. The second-order valence-corrected chi connectivity index (χ2v) is 9.60. The Bertz CT molecular complexity index is 996. The van der Waals surface area contributed by atoms with Crippen LogP contribution < -0.4 is 10.1 Å². The molecule has 2 aliphatic rings. The zero-order chi connectivity index (χ0) is 26.9. The maximum absolute atomic E-state index is 10.3. The molecular weight excluding hydrogens is 502 g/mol. The Morgan fingerprint density at radius 3 is 2.38 bits per heavy atom. The number of benzene rings is 2. The molecule has 6 unspecified atom stereocenters. The molecule has 0 aliphatic carbocycles. The van der Waals surface area contributed by atoms with Crippen LogP contribution in [0.25, 0.3) is 0 Å². The predicted octanol–water partition coefficient (Wildman–Crippen LogP) is 2.06. The largest absolute Gasteiger partial charge is 0.494 e. The molecule has 37 heavy (non-hydrogen) atoms. The van der Waals surface area contributed by atoms with Crippen molar-refractivity contribution in [3.63, 3.8) is 0 Å². The fraction of sp³-hybridized carbons (Fsp3) is 0.519. The van der Waals surface area contributed by atoms with E-state index in [1.54, 1.807) is 12.1 Å². The summed E-state index contributed by atoms with van der Waals surface area (Å²) < 4.78 is 11.1. The third-order valence-corrected chi connectivity index (χ3v) is 6.90. The van der Waals surface area contributed by atoms with Gasteiger partial charge < -0.3 is 40.3 Å². The standard InChI is InChI=1S/C21H25ClO6.C6H11NO2/c1-2-27-15-6-3-12(4-7-15)9-14-10-13(5-8-16(14)22)21-20(26)19(25)18(24)17(11-23)28-21;8-6(9)5-3-1-2-4-7-5/h3-8,10,17-21,23-26H,2,9,11H2,1H3;5,7H,1-4H2,(H,8,9). The van der Waals surface area contributed by atoms with Crippen LogP contribution in [0.15, 0.2) is 42.5 Å². The number of hydrogen-bond donors (Lipinski definition) is 6. The van der Waals surface area contributed by atoms with Crippen molar-refractivity contribution in [2.24, 2.45) is 0 Å². The monoisotopic (exact) mass is 537 g/mol. The van der Waals surface area contributed by atoms with Crippen LogP contribution >= 0.6 is 11.6 Å². The van der Waals surface area contributed by atoms with E-state index in [9.17, 15) is 25.2 Å². The Morgan fingerprint density at radius 1 is 1.08 bits per heavy atom. The lowest BCUT2D eigenvalue weighted by atomic mass is 9.90. The Morgan fingerprint density at radius 2 is 1.81 bits per heavy atom. The average Bonchev–Trinajstić information content (AvgIpc) is 2.91. The minimum Gasteiger partial charge on any atom is -0.494 e. The molecule has 204 valence electrons. The number of rotatable bonds is 7. The summed E-state index contributed by atoms with van der Waals surface area (Å²) in [4.78, 5) is 10.3. The topological polar surface area (TPSA) is 149 Å². The molecule has 2 heterocycles. The third kappa shape index (κ3) is 7.87. The van der Waals surface area contributed by atoms with Crippen LogP contribution in [0.2, 0.25) is 5.02 Å². The van der Waals surface area contributed by atoms with Gasteiger partial charge in [-0.15, -0.1) is 0 Å². The Labute approximate surface area is 221 Å².